The Morgan fingerprint density at radius 3 is 2.25 bits per heavy atom. The molecule has 2 nitrogen and oxygen atoms in total. The predicted molar refractivity (Wildman–Crippen MR) is 53.8 cm³/mol. The number of halogens is 3. The first-order valence-electron chi connectivity index (χ1n) is 3.00. The van der Waals surface area contributed by atoms with Crippen LogP contribution >= 0.6 is 39.1 Å². The van der Waals surface area contributed by atoms with Gasteiger partial charge in [-0.15, -0.1) is 0 Å². The maximum Gasteiger partial charge on any atom is 0.211 e. The minimum absolute atomic E-state index is 0.404. The summed E-state index contributed by atoms with van der Waals surface area (Å²) in [5.74, 6) is 0. The van der Waals surface area contributed by atoms with E-state index in [4.69, 9.17) is 23.2 Å². The van der Waals surface area contributed by atoms with E-state index in [0.29, 0.717) is 22.1 Å². The van der Waals surface area contributed by atoms with Crippen molar-refractivity contribution < 1.29 is 4.79 Å². The van der Waals surface area contributed by atoms with Crippen LogP contribution in [0.1, 0.15) is 0 Å². The molecule has 1 N–H and O–H groups in total. The number of hydrogen-bond acceptors (Lipinski definition) is 1. The lowest BCUT2D eigenvalue weighted by atomic mass is 10.3. The Hall–Kier alpha value is -0.250. The van der Waals surface area contributed by atoms with Crippen molar-refractivity contribution in [1.82, 2.24) is 0 Å². The maximum atomic E-state index is 10.1. The van der Waals surface area contributed by atoms with E-state index >= 15 is 0 Å². The monoisotopic (exact) mass is 267 g/mol. The van der Waals surface area contributed by atoms with Crippen LogP contribution in [0.3, 0.4) is 0 Å². The summed E-state index contributed by atoms with van der Waals surface area (Å²) < 4.78 is 0.772. The van der Waals surface area contributed by atoms with Gasteiger partial charge in [0.15, 0.2) is 0 Å². The van der Waals surface area contributed by atoms with Crippen LogP contribution in [0.15, 0.2) is 16.6 Å². The Morgan fingerprint density at radius 2 is 1.83 bits per heavy atom. The van der Waals surface area contributed by atoms with Gasteiger partial charge in [-0.3, -0.25) is 4.79 Å². The van der Waals surface area contributed by atoms with Crippen molar-refractivity contribution in [2.75, 3.05) is 5.32 Å². The third-order valence-electron chi connectivity index (χ3n) is 1.21. The molecule has 0 aliphatic heterocycles. The minimum Gasteiger partial charge on any atom is -0.326 e. The lowest BCUT2D eigenvalue weighted by molar-refractivity contribution is -0.105. The molecule has 0 atom stereocenters. The van der Waals surface area contributed by atoms with Crippen LogP contribution in [-0.4, -0.2) is 6.41 Å². The van der Waals surface area contributed by atoms with Gasteiger partial charge in [-0.2, -0.15) is 0 Å². The third kappa shape index (κ3) is 2.12. The second-order valence-corrected chi connectivity index (χ2v) is 3.74. The maximum absolute atomic E-state index is 10.1. The van der Waals surface area contributed by atoms with E-state index in [1.54, 1.807) is 12.1 Å². The highest BCUT2D eigenvalue weighted by Gasteiger charge is 2.05. The summed E-state index contributed by atoms with van der Waals surface area (Å²) in [6, 6.07) is 3.30. The zero-order valence-electron chi connectivity index (χ0n) is 5.77. The molecule has 64 valence electrons. The molecule has 0 bridgehead atoms. The van der Waals surface area contributed by atoms with Crippen molar-refractivity contribution in [3.63, 3.8) is 0 Å². The average Bonchev–Trinajstić information content (AvgIpc) is 1.96. The Morgan fingerprint density at radius 1 is 1.33 bits per heavy atom. The molecule has 1 amide bonds. The van der Waals surface area contributed by atoms with E-state index in [2.05, 4.69) is 21.2 Å². The van der Waals surface area contributed by atoms with E-state index in [-0.39, 0.29) is 0 Å². The van der Waals surface area contributed by atoms with E-state index in [1.165, 1.54) is 0 Å². The minimum atomic E-state index is 0.404. The van der Waals surface area contributed by atoms with Gasteiger partial charge in [-0.05, 0) is 12.1 Å². The molecule has 0 spiro atoms. The molecular formula is C7H4BrCl2NO. The summed E-state index contributed by atoms with van der Waals surface area (Å²) in [5, 5.41) is 3.21. The van der Waals surface area contributed by atoms with Crippen LogP contribution in [0, 0.1) is 0 Å². The first-order chi connectivity index (χ1) is 5.65. The molecule has 1 aromatic carbocycles. The van der Waals surface area contributed by atoms with Crippen LogP contribution in [0.2, 0.25) is 10.0 Å². The fraction of sp³-hybridized carbons (Fsp3) is 0. The summed E-state index contributed by atoms with van der Waals surface area (Å²) >= 11 is 14.8. The highest BCUT2D eigenvalue weighted by Crippen LogP contribution is 2.33. The summed E-state index contributed by atoms with van der Waals surface area (Å²) in [6.45, 7) is 0. The summed E-state index contributed by atoms with van der Waals surface area (Å²) in [7, 11) is 0. The number of anilines is 1. The molecule has 0 unspecified atom stereocenters. The molecular weight excluding hydrogens is 265 g/mol. The fourth-order valence-corrected chi connectivity index (χ4v) is 2.06. The van der Waals surface area contributed by atoms with Crippen molar-refractivity contribution >= 4 is 51.2 Å². The fourth-order valence-electron chi connectivity index (χ4n) is 0.739. The lowest BCUT2D eigenvalue weighted by Crippen LogP contribution is -1.95. The van der Waals surface area contributed by atoms with Crippen LogP contribution in [0.25, 0.3) is 0 Å². The van der Waals surface area contributed by atoms with Crippen molar-refractivity contribution in [2.24, 2.45) is 0 Å². The van der Waals surface area contributed by atoms with E-state index < -0.39 is 0 Å². The van der Waals surface area contributed by atoms with E-state index in [0.717, 1.165) is 4.47 Å². The largest absolute Gasteiger partial charge is 0.326 e. The van der Waals surface area contributed by atoms with Crippen LogP contribution < -0.4 is 5.32 Å². The first kappa shape index (κ1) is 9.84. The predicted octanol–water partition coefficient (Wildman–Crippen LogP) is 3.32. The summed E-state index contributed by atoms with van der Waals surface area (Å²) in [4.78, 5) is 10.1. The molecule has 0 aliphatic rings. The number of rotatable bonds is 2. The Labute approximate surface area is 88.0 Å². The van der Waals surface area contributed by atoms with Crippen molar-refractivity contribution in [3.05, 3.63) is 26.7 Å². The standard InChI is InChI=1S/C7H4BrCl2NO/c8-4-1-5(9)7(11-3-12)6(10)2-4/h1-3H,(H,11,12). The molecule has 0 saturated carbocycles. The van der Waals surface area contributed by atoms with Crippen LogP contribution in [-0.2, 0) is 4.79 Å². The topological polar surface area (TPSA) is 29.1 Å². The molecule has 0 fully saturated rings. The van der Waals surface area contributed by atoms with E-state index in [9.17, 15) is 4.79 Å². The molecule has 0 radical (unpaired) electrons. The highest BCUT2D eigenvalue weighted by molar-refractivity contribution is 9.10. The Bertz CT molecular complexity index is 293. The second-order valence-electron chi connectivity index (χ2n) is 2.01. The SMILES string of the molecule is O=CNc1c(Cl)cc(Br)cc1Cl. The Kier molecular flexibility index (Phi) is 3.38. The Balaban J connectivity index is 3.18. The molecule has 0 saturated heterocycles. The van der Waals surface area contributed by atoms with Gasteiger partial charge in [-0.1, -0.05) is 39.1 Å². The number of carbonyl (C=O) groups is 1. The molecule has 0 heterocycles. The summed E-state index contributed by atoms with van der Waals surface area (Å²) in [5.41, 5.74) is 0.427. The quantitative estimate of drug-likeness (QED) is 0.819. The molecule has 1 rings (SSSR count). The van der Waals surface area contributed by atoms with Crippen molar-refractivity contribution in [2.45, 2.75) is 0 Å². The van der Waals surface area contributed by atoms with Gasteiger partial charge in [0, 0.05) is 4.47 Å². The van der Waals surface area contributed by atoms with Crippen molar-refractivity contribution in [1.29, 1.82) is 0 Å². The highest BCUT2D eigenvalue weighted by atomic mass is 79.9. The third-order valence-corrected chi connectivity index (χ3v) is 2.26. The zero-order chi connectivity index (χ0) is 9.14. The normalized spacial score (nSPS) is 9.58. The molecule has 0 aliphatic carbocycles. The van der Waals surface area contributed by atoms with Crippen molar-refractivity contribution in [3.8, 4) is 0 Å². The average molecular weight is 269 g/mol. The molecule has 5 heteroatoms. The van der Waals surface area contributed by atoms with Gasteiger partial charge in [0.25, 0.3) is 0 Å². The number of benzene rings is 1. The number of amides is 1. The second kappa shape index (κ2) is 4.12. The van der Waals surface area contributed by atoms with Gasteiger partial charge < -0.3 is 5.32 Å². The molecule has 12 heavy (non-hydrogen) atoms. The van der Waals surface area contributed by atoms with Gasteiger partial charge in [0.1, 0.15) is 0 Å². The molecule has 0 aromatic heterocycles. The zero-order valence-corrected chi connectivity index (χ0v) is 8.87. The number of hydrogen-bond donors (Lipinski definition) is 1. The summed E-state index contributed by atoms with van der Waals surface area (Å²) in [6.07, 6.45) is 0.529. The first-order valence-corrected chi connectivity index (χ1v) is 4.54. The smallest absolute Gasteiger partial charge is 0.211 e. The van der Waals surface area contributed by atoms with E-state index in [1.807, 2.05) is 0 Å². The molecule has 1 aromatic rings. The van der Waals surface area contributed by atoms with Gasteiger partial charge in [-0.25, -0.2) is 0 Å². The number of nitrogens with one attached hydrogen (secondary N) is 1. The van der Waals surface area contributed by atoms with Gasteiger partial charge >= 0.3 is 0 Å². The van der Waals surface area contributed by atoms with Gasteiger partial charge in [0.05, 0.1) is 15.7 Å². The van der Waals surface area contributed by atoms with Crippen LogP contribution in [0.5, 0.6) is 0 Å². The number of carbonyl (C=O) groups excluding carboxylic acids is 1. The van der Waals surface area contributed by atoms with Crippen LogP contribution in [0.4, 0.5) is 5.69 Å². The van der Waals surface area contributed by atoms with Gasteiger partial charge in [0.2, 0.25) is 6.41 Å². The lowest BCUT2D eigenvalue weighted by Gasteiger charge is -2.04.